The van der Waals surface area contributed by atoms with Crippen LogP contribution in [0.15, 0.2) is 12.2 Å². The van der Waals surface area contributed by atoms with E-state index in [-0.39, 0.29) is 6.35 Å². The minimum Gasteiger partial charge on any atom is -0.451 e. The second-order valence-corrected chi connectivity index (χ2v) is 4.82. The van der Waals surface area contributed by atoms with Crippen molar-refractivity contribution in [3.05, 3.63) is 12.2 Å². The number of esters is 1. The van der Waals surface area contributed by atoms with Crippen molar-refractivity contribution in [3.8, 4) is 0 Å². The number of hydrogen-bond acceptors (Lipinski definition) is 5. The van der Waals surface area contributed by atoms with Crippen LogP contribution in [-0.4, -0.2) is 25.0 Å². The minimum absolute atomic E-state index is 0.359. The molecule has 0 spiro atoms. The lowest BCUT2D eigenvalue weighted by Crippen LogP contribution is -2.11. The average molecular weight is 190 g/mol. The van der Waals surface area contributed by atoms with Crippen LogP contribution in [0.1, 0.15) is 0 Å². The van der Waals surface area contributed by atoms with Crippen LogP contribution in [-0.2, 0) is 23.4 Å². The van der Waals surface area contributed by atoms with Crippen molar-refractivity contribution < 1.29 is 23.4 Å². The van der Waals surface area contributed by atoms with E-state index in [0.29, 0.717) is 0 Å². The monoisotopic (exact) mass is 190 g/mol. The summed E-state index contributed by atoms with van der Waals surface area (Å²) in [6.45, 7) is 1.23. The summed E-state index contributed by atoms with van der Waals surface area (Å²) in [7, 11) is -3.10. The van der Waals surface area contributed by atoms with E-state index in [2.05, 4.69) is 9.26 Å². The lowest BCUT2D eigenvalue weighted by Gasteiger charge is -2.13. The largest absolute Gasteiger partial charge is 0.451 e. The maximum absolute atomic E-state index is 11.2. The summed E-state index contributed by atoms with van der Waals surface area (Å²) >= 11 is 0. The summed E-state index contributed by atoms with van der Waals surface area (Å²) in [5, 5.41) is 0. The lowest BCUT2D eigenvalue weighted by atomic mass is 10.5. The summed E-state index contributed by atoms with van der Waals surface area (Å²) in [4.78, 5) is 21.3. The number of hydrogen-bond donors (Lipinski definition) is 0. The van der Waals surface area contributed by atoms with Crippen molar-refractivity contribution in [2.24, 2.45) is 0 Å². The van der Waals surface area contributed by atoms with Crippen molar-refractivity contribution in [1.29, 1.82) is 0 Å². The quantitative estimate of drug-likeness (QED) is 0.411. The Kier molecular flexibility index (Phi) is 2.33. The first-order chi connectivity index (χ1) is 5.49. The van der Waals surface area contributed by atoms with Crippen molar-refractivity contribution in [1.82, 2.24) is 0 Å². The van der Waals surface area contributed by atoms with Crippen LogP contribution < -0.4 is 0 Å². The number of carbonyl (C=O) groups is 2. The van der Waals surface area contributed by atoms with Crippen LogP contribution in [0.2, 0.25) is 0 Å². The number of ether oxygens (including phenoxy) is 1. The molecule has 0 aromatic carbocycles. The molecule has 66 valence electrons. The first-order valence-corrected chi connectivity index (χ1v) is 5.40. The molecule has 0 radical (unpaired) electrons. The first kappa shape index (κ1) is 9.00. The highest BCUT2D eigenvalue weighted by Gasteiger charge is 2.23. The third-order valence-corrected chi connectivity index (χ3v) is 2.24. The molecule has 0 aliphatic carbocycles. The Hall–Kier alpha value is -1.09. The van der Waals surface area contributed by atoms with E-state index in [9.17, 15) is 14.2 Å². The third-order valence-electron chi connectivity index (χ3n) is 1.08. The highest BCUT2D eigenvalue weighted by molar-refractivity contribution is 7.58. The van der Waals surface area contributed by atoms with Gasteiger partial charge in [0.05, 0.1) is 0 Å². The SMILES string of the molecule is CP1(=O)COC(=O)/C=C/C(=O)O1. The van der Waals surface area contributed by atoms with Crippen molar-refractivity contribution in [2.75, 3.05) is 13.0 Å². The van der Waals surface area contributed by atoms with Crippen LogP contribution in [0.4, 0.5) is 0 Å². The van der Waals surface area contributed by atoms with E-state index >= 15 is 0 Å². The van der Waals surface area contributed by atoms with Crippen molar-refractivity contribution in [3.63, 3.8) is 0 Å². The molecule has 1 aliphatic heterocycles. The highest BCUT2D eigenvalue weighted by atomic mass is 31.2. The average Bonchev–Trinajstić information content (AvgIpc) is 1.95. The zero-order valence-electron chi connectivity index (χ0n) is 6.35. The Morgan fingerprint density at radius 2 is 1.92 bits per heavy atom. The molecule has 0 bridgehead atoms. The first-order valence-electron chi connectivity index (χ1n) is 3.14. The van der Waals surface area contributed by atoms with Crippen LogP contribution in [0.25, 0.3) is 0 Å². The smallest absolute Gasteiger partial charge is 0.336 e. The molecule has 0 aromatic rings. The molecule has 5 nitrogen and oxygen atoms in total. The molecule has 0 saturated carbocycles. The predicted octanol–water partition coefficient (Wildman–Crippen LogP) is 0.508. The molecule has 0 saturated heterocycles. The molecule has 0 fully saturated rings. The molecule has 1 rings (SSSR count). The molecule has 0 N–H and O–H groups in total. The maximum Gasteiger partial charge on any atom is 0.336 e. The van der Waals surface area contributed by atoms with Gasteiger partial charge in [-0.3, -0.25) is 4.57 Å². The van der Waals surface area contributed by atoms with E-state index in [1.807, 2.05) is 0 Å². The molecule has 1 unspecified atom stereocenters. The molecule has 1 heterocycles. The fourth-order valence-electron chi connectivity index (χ4n) is 0.612. The van der Waals surface area contributed by atoms with Crippen LogP contribution in [0.5, 0.6) is 0 Å². The normalized spacial score (nSPS) is 32.8. The van der Waals surface area contributed by atoms with Crippen LogP contribution >= 0.6 is 7.37 Å². The Balaban J connectivity index is 2.84. The molecule has 0 aromatic heterocycles. The summed E-state index contributed by atoms with van der Waals surface area (Å²) in [6, 6.07) is 0. The number of rotatable bonds is 0. The summed E-state index contributed by atoms with van der Waals surface area (Å²) < 4.78 is 20.2. The highest BCUT2D eigenvalue weighted by Crippen LogP contribution is 2.43. The number of carbonyl (C=O) groups excluding carboxylic acids is 2. The number of cyclic esters (lactones) is 1. The summed E-state index contributed by atoms with van der Waals surface area (Å²) in [5.74, 6) is -1.47. The van der Waals surface area contributed by atoms with Gasteiger partial charge in [-0.1, -0.05) is 0 Å². The van der Waals surface area contributed by atoms with Crippen LogP contribution in [0, 0.1) is 0 Å². The van der Waals surface area contributed by atoms with Gasteiger partial charge in [0.25, 0.3) is 7.37 Å². The van der Waals surface area contributed by atoms with Gasteiger partial charge in [-0.2, -0.15) is 0 Å². The lowest BCUT2D eigenvalue weighted by molar-refractivity contribution is -0.138. The summed E-state index contributed by atoms with van der Waals surface area (Å²) in [6.07, 6.45) is 1.46. The summed E-state index contributed by atoms with van der Waals surface area (Å²) in [5.41, 5.74) is 0. The van der Waals surface area contributed by atoms with E-state index in [1.54, 1.807) is 0 Å². The Morgan fingerprint density at radius 1 is 1.33 bits per heavy atom. The molecule has 0 amide bonds. The zero-order valence-corrected chi connectivity index (χ0v) is 7.24. The molecule has 12 heavy (non-hydrogen) atoms. The second kappa shape index (κ2) is 3.11. The van der Waals surface area contributed by atoms with Crippen molar-refractivity contribution >= 4 is 19.3 Å². The van der Waals surface area contributed by atoms with Gasteiger partial charge in [-0.05, 0) is 0 Å². The Bertz CT molecular complexity index is 292. The molecular formula is C6H7O5P. The van der Waals surface area contributed by atoms with E-state index in [0.717, 1.165) is 12.2 Å². The maximum atomic E-state index is 11.2. The van der Waals surface area contributed by atoms with Gasteiger partial charge in [0, 0.05) is 18.8 Å². The van der Waals surface area contributed by atoms with E-state index in [4.69, 9.17) is 0 Å². The molecule has 6 heteroatoms. The van der Waals surface area contributed by atoms with Gasteiger partial charge >= 0.3 is 11.9 Å². The molecular weight excluding hydrogens is 183 g/mol. The fourth-order valence-corrected chi connectivity index (χ4v) is 1.47. The zero-order chi connectivity index (χ0) is 9.19. The van der Waals surface area contributed by atoms with Gasteiger partial charge in [0.1, 0.15) is 0 Å². The third kappa shape index (κ3) is 2.51. The molecule has 1 atom stereocenters. The van der Waals surface area contributed by atoms with Crippen molar-refractivity contribution in [2.45, 2.75) is 0 Å². The fraction of sp³-hybridized carbons (Fsp3) is 0.333. The minimum atomic E-state index is -3.10. The van der Waals surface area contributed by atoms with Gasteiger partial charge in [0.15, 0.2) is 6.35 Å². The Labute approximate surface area is 68.8 Å². The van der Waals surface area contributed by atoms with E-state index in [1.165, 1.54) is 6.66 Å². The topological polar surface area (TPSA) is 69.7 Å². The van der Waals surface area contributed by atoms with Gasteiger partial charge in [-0.15, -0.1) is 0 Å². The van der Waals surface area contributed by atoms with Gasteiger partial charge in [0.2, 0.25) is 0 Å². The van der Waals surface area contributed by atoms with Gasteiger partial charge < -0.3 is 9.26 Å². The Morgan fingerprint density at radius 3 is 2.58 bits per heavy atom. The molecule has 1 aliphatic rings. The predicted molar refractivity (Wildman–Crippen MR) is 39.7 cm³/mol. The van der Waals surface area contributed by atoms with E-state index < -0.39 is 19.3 Å². The van der Waals surface area contributed by atoms with Crippen LogP contribution in [0.3, 0.4) is 0 Å². The second-order valence-electron chi connectivity index (χ2n) is 2.35. The van der Waals surface area contributed by atoms with Gasteiger partial charge in [-0.25, -0.2) is 9.59 Å². The standard InChI is InChI=1S/C6H7O5P/c1-12(9)4-10-5(7)2-3-6(8)11-12/h2-3H,4H2,1H3/b3-2+.